The molecule has 0 aliphatic rings. The lowest BCUT2D eigenvalue weighted by molar-refractivity contribution is -0.141. The van der Waals surface area contributed by atoms with E-state index in [0.29, 0.717) is 0 Å². The standard InChI is InChI=1S/C15H21N3O5S/c1-8(13(20)18-12(7-24)15(22)23)17-14(21)11(16)6-9-2-4-10(19)5-3-9/h2-5,8,11-12,19,24H,6-7,16H2,1H3,(H,17,21)(H,18,20)(H,22,23)/t8-,11-,12-/m0/s1. The van der Waals surface area contributed by atoms with Crippen LogP contribution in [0.25, 0.3) is 0 Å². The molecule has 0 bridgehead atoms. The molecule has 1 rings (SSSR count). The topological polar surface area (TPSA) is 142 Å². The number of nitrogens with one attached hydrogen (secondary N) is 2. The number of hydrogen-bond donors (Lipinski definition) is 6. The van der Waals surface area contributed by atoms with Gasteiger partial charge < -0.3 is 26.6 Å². The normalized spacial score (nSPS) is 14.3. The SMILES string of the molecule is C[C@H](NC(=O)[C@@H](N)Cc1ccc(O)cc1)C(=O)N[C@@H](CS)C(=O)O. The summed E-state index contributed by atoms with van der Waals surface area (Å²) in [5, 5.41) is 22.8. The van der Waals surface area contributed by atoms with E-state index in [1.807, 2.05) is 0 Å². The molecular weight excluding hydrogens is 334 g/mol. The number of benzene rings is 1. The molecule has 0 aromatic heterocycles. The summed E-state index contributed by atoms with van der Waals surface area (Å²) in [5.74, 6) is -2.34. The van der Waals surface area contributed by atoms with Gasteiger partial charge in [0.15, 0.2) is 0 Å². The summed E-state index contributed by atoms with van der Waals surface area (Å²) < 4.78 is 0. The average molecular weight is 355 g/mol. The van der Waals surface area contributed by atoms with Gasteiger partial charge in [0.2, 0.25) is 11.8 Å². The van der Waals surface area contributed by atoms with Crippen molar-refractivity contribution in [2.24, 2.45) is 5.73 Å². The molecule has 0 spiro atoms. The Kier molecular flexibility index (Phi) is 7.53. The number of thiol groups is 1. The largest absolute Gasteiger partial charge is 0.508 e. The van der Waals surface area contributed by atoms with Crippen molar-refractivity contribution in [1.29, 1.82) is 0 Å². The third-order valence-corrected chi connectivity index (χ3v) is 3.64. The number of rotatable bonds is 8. The molecule has 8 nitrogen and oxygen atoms in total. The minimum absolute atomic E-state index is 0.0674. The van der Waals surface area contributed by atoms with Crippen molar-refractivity contribution >= 4 is 30.4 Å². The molecule has 1 aromatic rings. The molecule has 0 heterocycles. The maximum Gasteiger partial charge on any atom is 0.327 e. The highest BCUT2D eigenvalue weighted by atomic mass is 32.1. The fourth-order valence-corrected chi connectivity index (χ4v) is 2.09. The third-order valence-electron chi connectivity index (χ3n) is 3.28. The summed E-state index contributed by atoms with van der Waals surface area (Å²) >= 11 is 3.84. The van der Waals surface area contributed by atoms with Gasteiger partial charge in [-0.05, 0) is 31.0 Å². The van der Waals surface area contributed by atoms with Crippen molar-refractivity contribution in [2.75, 3.05) is 5.75 Å². The van der Waals surface area contributed by atoms with Crippen molar-refractivity contribution in [1.82, 2.24) is 10.6 Å². The summed E-state index contributed by atoms with van der Waals surface area (Å²) in [7, 11) is 0. The van der Waals surface area contributed by atoms with E-state index in [0.717, 1.165) is 5.56 Å². The van der Waals surface area contributed by atoms with E-state index >= 15 is 0 Å². The smallest absolute Gasteiger partial charge is 0.327 e. The van der Waals surface area contributed by atoms with Gasteiger partial charge in [0.1, 0.15) is 17.8 Å². The maximum atomic E-state index is 12.0. The Hall–Kier alpha value is -2.26. The van der Waals surface area contributed by atoms with Crippen LogP contribution in [0.4, 0.5) is 0 Å². The lowest BCUT2D eigenvalue weighted by atomic mass is 10.1. The zero-order valence-corrected chi connectivity index (χ0v) is 14.0. The van der Waals surface area contributed by atoms with E-state index in [4.69, 9.17) is 10.8 Å². The van der Waals surface area contributed by atoms with Crippen LogP contribution in [0.3, 0.4) is 0 Å². The van der Waals surface area contributed by atoms with Gasteiger partial charge in [-0.25, -0.2) is 4.79 Å². The number of carboxylic acid groups (broad SMARTS) is 1. The molecule has 0 saturated carbocycles. The van der Waals surface area contributed by atoms with Crippen molar-refractivity contribution < 1.29 is 24.6 Å². The Morgan fingerprint density at radius 1 is 1.17 bits per heavy atom. The molecule has 132 valence electrons. The number of phenolic OH excluding ortho intramolecular Hbond substituents is 1. The second-order valence-electron chi connectivity index (χ2n) is 5.29. The first-order chi connectivity index (χ1) is 11.2. The third kappa shape index (κ3) is 6.09. The lowest BCUT2D eigenvalue weighted by Gasteiger charge is -2.19. The monoisotopic (exact) mass is 355 g/mol. The van der Waals surface area contributed by atoms with Gasteiger partial charge in [0.25, 0.3) is 0 Å². The number of amides is 2. The Bertz CT molecular complexity index is 593. The number of nitrogens with two attached hydrogens (primary N) is 1. The number of carboxylic acids is 1. The molecule has 24 heavy (non-hydrogen) atoms. The van der Waals surface area contributed by atoms with Crippen LogP contribution in [0, 0.1) is 0 Å². The van der Waals surface area contributed by atoms with Crippen LogP contribution < -0.4 is 16.4 Å². The summed E-state index contributed by atoms with van der Waals surface area (Å²) in [5.41, 5.74) is 6.56. The average Bonchev–Trinajstić information content (AvgIpc) is 2.53. The van der Waals surface area contributed by atoms with Crippen molar-refractivity contribution in [2.45, 2.75) is 31.5 Å². The van der Waals surface area contributed by atoms with E-state index in [2.05, 4.69) is 23.3 Å². The van der Waals surface area contributed by atoms with Gasteiger partial charge in [0.05, 0.1) is 6.04 Å². The molecule has 0 aliphatic heterocycles. The maximum absolute atomic E-state index is 12.0. The second kappa shape index (κ2) is 9.14. The van der Waals surface area contributed by atoms with E-state index in [1.54, 1.807) is 12.1 Å². The van der Waals surface area contributed by atoms with Crippen LogP contribution in [-0.4, -0.2) is 51.9 Å². The predicted molar refractivity (Wildman–Crippen MR) is 90.8 cm³/mol. The molecule has 0 aliphatic carbocycles. The fourth-order valence-electron chi connectivity index (χ4n) is 1.85. The molecule has 1 aromatic carbocycles. The molecule has 6 N–H and O–H groups in total. The Labute approximate surface area is 144 Å². The quantitative estimate of drug-likeness (QED) is 0.339. The van der Waals surface area contributed by atoms with E-state index < -0.39 is 35.9 Å². The highest BCUT2D eigenvalue weighted by Crippen LogP contribution is 2.10. The summed E-state index contributed by atoms with van der Waals surface area (Å²) in [6, 6.07) is 3.30. The molecule has 0 radical (unpaired) electrons. The number of carbonyl (C=O) groups excluding carboxylic acids is 2. The van der Waals surface area contributed by atoms with Gasteiger partial charge >= 0.3 is 5.97 Å². The fraction of sp³-hybridized carbons (Fsp3) is 0.400. The van der Waals surface area contributed by atoms with Crippen LogP contribution in [-0.2, 0) is 20.8 Å². The highest BCUT2D eigenvalue weighted by molar-refractivity contribution is 7.80. The summed E-state index contributed by atoms with van der Waals surface area (Å²) in [4.78, 5) is 34.8. The van der Waals surface area contributed by atoms with Gasteiger partial charge in [-0.3, -0.25) is 9.59 Å². The van der Waals surface area contributed by atoms with Crippen LogP contribution in [0.5, 0.6) is 5.75 Å². The Morgan fingerprint density at radius 2 is 1.75 bits per heavy atom. The van der Waals surface area contributed by atoms with E-state index in [9.17, 15) is 19.5 Å². The number of aromatic hydroxyl groups is 1. The van der Waals surface area contributed by atoms with Gasteiger partial charge in [-0.15, -0.1) is 0 Å². The number of phenols is 1. The molecule has 0 saturated heterocycles. The number of aliphatic carboxylic acids is 1. The van der Waals surface area contributed by atoms with Crippen LogP contribution >= 0.6 is 12.6 Å². The van der Waals surface area contributed by atoms with Crippen molar-refractivity contribution in [3.05, 3.63) is 29.8 Å². The first-order valence-corrected chi connectivity index (χ1v) is 7.85. The lowest BCUT2D eigenvalue weighted by Crippen LogP contribution is -2.54. The zero-order valence-electron chi connectivity index (χ0n) is 13.1. The Balaban J connectivity index is 2.54. The number of hydrogen-bond acceptors (Lipinski definition) is 6. The molecule has 9 heteroatoms. The second-order valence-corrected chi connectivity index (χ2v) is 5.65. The van der Waals surface area contributed by atoms with Gasteiger partial charge in [-0.2, -0.15) is 12.6 Å². The molecule has 3 atom stereocenters. The van der Waals surface area contributed by atoms with E-state index in [-0.39, 0.29) is 17.9 Å². The molecule has 0 fully saturated rings. The first-order valence-electron chi connectivity index (χ1n) is 7.22. The predicted octanol–water partition coefficient (Wildman–Crippen LogP) is -0.734. The minimum atomic E-state index is -1.21. The molecular formula is C15H21N3O5S. The van der Waals surface area contributed by atoms with Crippen LogP contribution in [0.15, 0.2) is 24.3 Å². The van der Waals surface area contributed by atoms with Crippen molar-refractivity contribution in [3.63, 3.8) is 0 Å². The first kappa shape index (κ1) is 19.8. The van der Waals surface area contributed by atoms with Crippen molar-refractivity contribution in [3.8, 4) is 5.75 Å². The summed E-state index contributed by atoms with van der Waals surface area (Å²) in [6.45, 7) is 1.43. The highest BCUT2D eigenvalue weighted by Gasteiger charge is 2.24. The van der Waals surface area contributed by atoms with Gasteiger partial charge in [-0.1, -0.05) is 12.1 Å². The zero-order chi connectivity index (χ0) is 18.3. The Morgan fingerprint density at radius 3 is 2.25 bits per heavy atom. The van der Waals surface area contributed by atoms with Crippen LogP contribution in [0.2, 0.25) is 0 Å². The molecule has 0 unspecified atom stereocenters. The van der Waals surface area contributed by atoms with Crippen LogP contribution in [0.1, 0.15) is 12.5 Å². The molecule has 2 amide bonds. The number of carbonyl (C=O) groups is 3. The summed E-state index contributed by atoms with van der Waals surface area (Å²) in [6.07, 6.45) is 0.231. The minimum Gasteiger partial charge on any atom is -0.508 e. The van der Waals surface area contributed by atoms with E-state index in [1.165, 1.54) is 19.1 Å². The van der Waals surface area contributed by atoms with Gasteiger partial charge in [0, 0.05) is 5.75 Å².